The molecule has 0 radical (unpaired) electrons. The van der Waals surface area contributed by atoms with E-state index in [-0.39, 0.29) is 6.03 Å². The molecule has 0 saturated heterocycles. The lowest BCUT2D eigenvalue weighted by atomic mass is 9.93. The molecule has 0 fully saturated rings. The van der Waals surface area contributed by atoms with Crippen molar-refractivity contribution in [3.8, 4) is 0 Å². The number of hydrogen-bond acceptors (Lipinski definition) is 3. The van der Waals surface area contributed by atoms with Crippen LogP contribution in [0.3, 0.4) is 0 Å². The van der Waals surface area contributed by atoms with E-state index in [9.17, 15) is 14.7 Å². The van der Waals surface area contributed by atoms with Crippen LogP contribution >= 0.6 is 11.3 Å². The minimum atomic E-state index is -1.16. The molecule has 0 atom stereocenters. The number of hydrogen-bond donors (Lipinski definition) is 2. The van der Waals surface area contributed by atoms with Crippen molar-refractivity contribution in [2.24, 2.45) is 0 Å². The second-order valence-electron chi connectivity index (χ2n) is 5.07. The molecule has 1 aliphatic heterocycles. The minimum absolute atomic E-state index is 0.284. The summed E-state index contributed by atoms with van der Waals surface area (Å²) in [6.07, 6.45) is 1.60. The van der Waals surface area contributed by atoms with Crippen molar-refractivity contribution >= 4 is 23.3 Å². The Morgan fingerprint density at radius 1 is 1.45 bits per heavy atom. The number of thiophene rings is 1. The van der Waals surface area contributed by atoms with Crippen molar-refractivity contribution in [2.75, 3.05) is 6.54 Å². The van der Waals surface area contributed by atoms with E-state index in [1.165, 1.54) is 10.4 Å². The van der Waals surface area contributed by atoms with Crippen LogP contribution in [-0.2, 0) is 17.8 Å². The summed E-state index contributed by atoms with van der Waals surface area (Å²) in [7, 11) is 0. The topological polar surface area (TPSA) is 69.6 Å². The molecule has 2 rings (SSSR count). The van der Waals surface area contributed by atoms with Gasteiger partial charge in [-0.1, -0.05) is 13.8 Å². The lowest BCUT2D eigenvalue weighted by Crippen LogP contribution is -2.57. The molecule has 2 N–H and O–H groups in total. The van der Waals surface area contributed by atoms with E-state index in [2.05, 4.69) is 5.32 Å². The van der Waals surface area contributed by atoms with Crippen LogP contribution in [0.1, 0.15) is 37.1 Å². The predicted molar refractivity (Wildman–Crippen MR) is 77.9 cm³/mol. The number of urea groups is 1. The van der Waals surface area contributed by atoms with Crippen LogP contribution in [0, 0.1) is 0 Å². The fraction of sp³-hybridized carbons (Fsp3) is 0.571. The van der Waals surface area contributed by atoms with Crippen molar-refractivity contribution < 1.29 is 14.7 Å². The van der Waals surface area contributed by atoms with Gasteiger partial charge in [-0.2, -0.15) is 0 Å². The lowest BCUT2D eigenvalue weighted by molar-refractivity contribution is -0.144. The van der Waals surface area contributed by atoms with Crippen molar-refractivity contribution in [3.63, 3.8) is 0 Å². The number of nitrogens with one attached hydrogen (secondary N) is 1. The monoisotopic (exact) mass is 296 g/mol. The number of carboxylic acid groups (broad SMARTS) is 1. The van der Waals surface area contributed by atoms with Crippen LogP contribution in [0.15, 0.2) is 11.4 Å². The largest absolute Gasteiger partial charge is 0.480 e. The molecule has 20 heavy (non-hydrogen) atoms. The number of rotatable bonds is 4. The zero-order chi connectivity index (χ0) is 14.8. The SMILES string of the molecule is CCC(CC)(NC(=O)N1CCc2sccc2C1)C(=O)O. The molecule has 1 aromatic heterocycles. The van der Waals surface area contributed by atoms with Crippen molar-refractivity contribution in [1.29, 1.82) is 0 Å². The third kappa shape index (κ3) is 2.65. The van der Waals surface area contributed by atoms with Gasteiger partial charge in [0.2, 0.25) is 0 Å². The maximum atomic E-state index is 12.3. The summed E-state index contributed by atoms with van der Waals surface area (Å²) in [6, 6.07) is 1.75. The van der Waals surface area contributed by atoms with Crippen molar-refractivity contribution in [3.05, 3.63) is 21.9 Å². The highest BCUT2D eigenvalue weighted by atomic mass is 32.1. The van der Waals surface area contributed by atoms with Crippen LogP contribution in [-0.4, -0.2) is 34.1 Å². The van der Waals surface area contributed by atoms with Crippen molar-refractivity contribution in [2.45, 2.75) is 45.2 Å². The Bertz CT molecular complexity index is 508. The third-order valence-electron chi connectivity index (χ3n) is 4.06. The maximum Gasteiger partial charge on any atom is 0.329 e. The number of fused-ring (bicyclic) bond motifs is 1. The van der Waals surface area contributed by atoms with Gasteiger partial charge in [-0.25, -0.2) is 9.59 Å². The molecule has 5 nitrogen and oxygen atoms in total. The first-order chi connectivity index (χ1) is 9.52. The highest BCUT2D eigenvalue weighted by Crippen LogP contribution is 2.24. The van der Waals surface area contributed by atoms with Gasteiger partial charge in [0.25, 0.3) is 0 Å². The average molecular weight is 296 g/mol. The van der Waals surface area contributed by atoms with E-state index < -0.39 is 11.5 Å². The minimum Gasteiger partial charge on any atom is -0.480 e. The number of carbonyl (C=O) groups excluding carboxylic acids is 1. The normalized spacial score (nSPS) is 14.8. The second kappa shape index (κ2) is 5.83. The van der Waals surface area contributed by atoms with Gasteiger partial charge in [0.1, 0.15) is 5.54 Å². The summed E-state index contributed by atoms with van der Waals surface area (Å²) >= 11 is 1.71. The van der Waals surface area contributed by atoms with Crippen LogP contribution in [0.2, 0.25) is 0 Å². The van der Waals surface area contributed by atoms with E-state index in [4.69, 9.17) is 0 Å². The van der Waals surface area contributed by atoms with Crippen LogP contribution < -0.4 is 5.32 Å². The Morgan fingerprint density at radius 2 is 2.15 bits per heavy atom. The van der Waals surface area contributed by atoms with Gasteiger partial charge in [-0.3, -0.25) is 0 Å². The predicted octanol–water partition coefficient (Wildman–Crippen LogP) is 2.46. The first-order valence-electron chi connectivity index (χ1n) is 6.88. The van der Waals surface area contributed by atoms with Gasteiger partial charge in [0.15, 0.2) is 0 Å². The number of aliphatic carboxylic acids is 1. The zero-order valence-electron chi connectivity index (χ0n) is 11.8. The molecule has 110 valence electrons. The van der Waals surface area contributed by atoms with E-state index >= 15 is 0 Å². The molecule has 1 aromatic rings. The zero-order valence-corrected chi connectivity index (χ0v) is 12.6. The average Bonchev–Trinajstić information content (AvgIpc) is 2.91. The number of carboxylic acids is 1. The molecule has 0 unspecified atom stereocenters. The molecule has 0 aliphatic carbocycles. The first kappa shape index (κ1) is 14.8. The Morgan fingerprint density at radius 3 is 2.75 bits per heavy atom. The molecule has 0 saturated carbocycles. The van der Waals surface area contributed by atoms with Crippen LogP contribution in [0.5, 0.6) is 0 Å². The standard InChI is InChI=1S/C14H20N2O3S/c1-3-14(4-2,12(17)18)15-13(19)16-7-5-11-10(9-16)6-8-20-11/h6,8H,3-5,7,9H2,1-2H3,(H,15,19)(H,17,18). The Balaban J connectivity index is 2.07. The molecule has 2 heterocycles. The summed E-state index contributed by atoms with van der Waals surface area (Å²) in [5.41, 5.74) is 0.0109. The molecule has 6 heteroatoms. The van der Waals surface area contributed by atoms with Crippen LogP contribution in [0.25, 0.3) is 0 Å². The van der Waals surface area contributed by atoms with E-state index in [0.29, 0.717) is 25.9 Å². The summed E-state index contributed by atoms with van der Waals surface area (Å²) in [4.78, 5) is 26.8. The smallest absolute Gasteiger partial charge is 0.329 e. The van der Waals surface area contributed by atoms with E-state index in [1.807, 2.05) is 11.4 Å². The van der Waals surface area contributed by atoms with Gasteiger partial charge < -0.3 is 15.3 Å². The summed E-state index contributed by atoms with van der Waals surface area (Å²) in [5, 5.41) is 14.1. The fourth-order valence-corrected chi connectivity index (χ4v) is 3.38. The molecule has 2 amide bonds. The lowest BCUT2D eigenvalue weighted by Gasteiger charge is -2.33. The number of amides is 2. The first-order valence-corrected chi connectivity index (χ1v) is 7.76. The highest BCUT2D eigenvalue weighted by molar-refractivity contribution is 7.10. The summed E-state index contributed by atoms with van der Waals surface area (Å²) < 4.78 is 0. The van der Waals surface area contributed by atoms with Gasteiger partial charge in [-0.05, 0) is 36.3 Å². The van der Waals surface area contributed by atoms with Gasteiger partial charge in [0.05, 0.1) is 0 Å². The third-order valence-corrected chi connectivity index (χ3v) is 5.08. The van der Waals surface area contributed by atoms with Gasteiger partial charge in [-0.15, -0.1) is 11.3 Å². The maximum absolute atomic E-state index is 12.3. The van der Waals surface area contributed by atoms with Crippen molar-refractivity contribution in [1.82, 2.24) is 10.2 Å². The molecular weight excluding hydrogens is 276 g/mol. The quantitative estimate of drug-likeness (QED) is 0.896. The van der Waals surface area contributed by atoms with Crippen LogP contribution in [0.4, 0.5) is 4.79 Å². The van der Waals surface area contributed by atoms with Gasteiger partial charge in [0, 0.05) is 18.0 Å². The highest BCUT2D eigenvalue weighted by Gasteiger charge is 2.38. The molecule has 1 aliphatic rings. The molecule has 0 aromatic carbocycles. The fourth-order valence-electron chi connectivity index (χ4n) is 2.49. The van der Waals surface area contributed by atoms with E-state index in [0.717, 1.165) is 6.42 Å². The molecule has 0 bridgehead atoms. The number of nitrogens with zero attached hydrogens (tertiary/aromatic N) is 1. The molecular formula is C14H20N2O3S. The summed E-state index contributed by atoms with van der Waals surface area (Å²) in [5.74, 6) is -0.968. The van der Waals surface area contributed by atoms with E-state index in [1.54, 1.807) is 30.1 Å². The Kier molecular flexibility index (Phi) is 4.32. The molecule has 0 spiro atoms. The second-order valence-corrected chi connectivity index (χ2v) is 6.07. The number of carbonyl (C=O) groups is 2. The Labute approximate surface area is 122 Å². The Hall–Kier alpha value is -1.56. The summed E-state index contributed by atoms with van der Waals surface area (Å²) in [6.45, 7) is 4.77. The van der Waals surface area contributed by atoms with Gasteiger partial charge >= 0.3 is 12.0 Å².